The molecule has 0 bridgehead atoms. The summed E-state index contributed by atoms with van der Waals surface area (Å²) >= 11 is 0. The second kappa shape index (κ2) is 11.2. The fraction of sp³-hybridized carbons (Fsp3) is 0.290. The van der Waals surface area contributed by atoms with Gasteiger partial charge in [-0.25, -0.2) is 0 Å². The predicted octanol–water partition coefficient (Wildman–Crippen LogP) is 3.75. The number of phenols is 1. The van der Waals surface area contributed by atoms with E-state index >= 15 is 0 Å². The van der Waals surface area contributed by atoms with Gasteiger partial charge in [-0.3, -0.25) is 9.78 Å². The third-order valence-corrected chi connectivity index (χ3v) is 7.57. The number of hydrogen-bond acceptors (Lipinski definition) is 8. The van der Waals surface area contributed by atoms with E-state index in [4.69, 9.17) is 14.7 Å². The van der Waals surface area contributed by atoms with Gasteiger partial charge in [0.15, 0.2) is 0 Å². The molecule has 2 aliphatic heterocycles. The van der Waals surface area contributed by atoms with Crippen LogP contribution in [0.25, 0.3) is 10.8 Å². The molecule has 2 aromatic carbocycles. The zero-order valence-corrected chi connectivity index (χ0v) is 22.4. The van der Waals surface area contributed by atoms with Crippen molar-refractivity contribution in [3.8, 4) is 11.8 Å². The van der Waals surface area contributed by atoms with Gasteiger partial charge in [-0.1, -0.05) is 36.9 Å². The second-order valence-corrected chi connectivity index (χ2v) is 10.0. The largest absolute Gasteiger partial charge is 0.508 e. The molecule has 2 aromatic heterocycles. The topological polar surface area (TPSA) is 94.9 Å². The fourth-order valence-electron chi connectivity index (χ4n) is 5.52. The molecule has 1 saturated heterocycles. The summed E-state index contributed by atoms with van der Waals surface area (Å²) < 4.78 is 6.09. The van der Waals surface area contributed by atoms with Gasteiger partial charge >= 0.3 is 6.01 Å². The monoisotopic (exact) mass is 536 g/mol. The SMILES string of the molecule is C=CC(=O)N1CCN(c2nc(OCCc3ccccn3)nc3c2CCN(c2cc(O)cc4ccccc24)C3)CC1. The maximum Gasteiger partial charge on any atom is 0.318 e. The molecule has 40 heavy (non-hydrogen) atoms. The summed E-state index contributed by atoms with van der Waals surface area (Å²) in [7, 11) is 0. The smallest absolute Gasteiger partial charge is 0.318 e. The van der Waals surface area contributed by atoms with Gasteiger partial charge in [0.05, 0.1) is 18.8 Å². The van der Waals surface area contributed by atoms with Crippen molar-refractivity contribution in [3.63, 3.8) is 0 Å². The van der Waals surface area contributed by atoms with Gasteiger partial charge in [-0.15, -0.1) is 0 Å². The number of anilines is 2. The third kappa shape index (κ3) is 5.27. The Balaban J connectivity index is 1.30. The summed E-state index contributed by atoms with van der Waals surface area (Å²) in [6.07, 6.45) is 4.56. The maximum absolute atomic E-state index is 12.1. The molecule has 0 aliphatic carbocycles. The molecule has 0 saturated carbocycles. The van der Waals surface area contributed by atoms with Crippen LogP contribution < -0.4 is 14.5 Å². The van der Waals surface area contributed by atoms with Gasteiger partial charge in [-0.2, -0.15) is 9.97 Å². The first-order chi connectivity index (χ1) is 19.6. The Labute approximate surface area is 233 Å². The number of fused-ring (bicyclic) bond motifs is 2. The molecule has 0 atom stereocenters. The first kappa shape index (κ1) is 25.6. The normalized spacial score (nSPS) is 15.2. The number of pyridine rings is 1. The zero-order valence-electron chi connectivity index (χ0n) is 22.4. The summed E-state index contributed by atoms with van der Waals surface area (Å²) in [6.45, 7) is 7.96. The second-order valence-electron chi connectivity index (χ2n) is 10.0. The third-order valence-electron chi connectivity index (χ3n) is 7.57. The van der Waals surface area contributed by atoms with E-state index in [0.29, 0.717) is 51.8 Å². The number of rotatable bonds is 7. The van der Waals surface area contributed by atoms with Gasteiger partial charge in [0.1, 0.15) is 11.6 Å². The van der Waals surface area contributed by atoms with Crippen molar-refractivity contribution in [3.05, 3.63) is 90.4 Å². The Kier molecular flexibility index (Phi) is 7.18. The van der Waals surface area contributed by atoms with Crippen LogP contribution in [0.3, 0.4) is 0 Å². The Morgan fingerprint density at radius 1 is 1.00 bits per heavy atom. The van der Waals surface area contributed by atoms with Crippen LogP contribution in [0.5, 0.6) is 11.8 Å². The van der Waals surface area contributed by atoms with Crippen LogP contribution in [0.4, 0.5) is 11.5 Å². The Morgan fingerprint density at radius 2 is 1.82 bits per heavy atom. The van der Waals surface area contributed by atoms with E-state index in [1.807, 2.05) is 47.4 Å². The van der Waals surface area contributed by atoms with Gasteiger partial charge in [0.2, 0.25) is 5.91 Å². The van der Waals surface area contributed by atoms with Crippen LogP contribution in [-0.2, 0) is 24.2 Å². The van der Waals surface area contributed by atoms with Crippen LogP contribution in [0.1, 0.15) is 17.0 Å². The summed E-state index contributed by atoms with van der Waals surface area (Å²) in [6, 6.07) is 17.9. The molecule has 0 unspecified atom stereocenters. The molecule has 9 heteroatoms. The number of carbonyl (C=O) groups excluding carboxylic acids is 1. The molecule has 0 radical (unpaired) electrons. The molecular formula is C31H32N6O3. The minimum absolute atomic E-state index is 0.0445. The highest BCUT2D eigenvalue weighted by Crippen LogP contribution is 2.36. The first-order valence-electron chi connectivity index (χ1n) is 13.6. The molecule has 2 aliphatic rings. The minimum Gasteiger partial charge on any atom is -0.508 e. The highest BCUT2D eigenvalue weighted by Gasteiger charge is 2.29. The number of phenolic OH excluding ortho intramolecular Hbond substituents is 1. The van der Waals surface area contributed by atoms with Crippen molar-refractivity contribution in [1.82, 2.24) is 19.9 Å². The average molecular weight is 537 g/mol. The molecule has 1 fully saturated rings. The number of nitrogens with zero attached hydrogens (tertiary/aromatic N) is 6. The van der Waals surface area contributed by atoms with Gasteiger partial charge in [0, 0.05) is 73.7 Å². The van der Waals surface area contributed by atoms with Crippen molar-refractivity contribution >= 4 is 28.2 Å². The highest BCUT2D eigenvalue weighted by atomic mass is 16.5. The number of amides is 1. The van der Waals surface area contributed by atoms with Crippen LogP contribution in [-0.4, -0.2) is 70.2 Å². The van der Waals surface area contributed by atoms with Crippen LogP contribution in [0.2, 0.25) is 0 Å². The molecule has 4 heterocycles. The zero-order chi connectivity index (χ0) is 27.5. The Bertz CT molecular complexity index is 1540. The molecule has 0 spiro atoms. The van der Waals surface area contributed by atoms with Crippen molar-refractivity contribution in [1.29, 1.82) is 0 Å². The Morgan fingerprint density at radius 3 is 2.62 bits per heavy atom. The fourth-order valence-corrected chi connectivity index (χ4v) is 5.52. The van der Waals surface area contributed by atoms with E-state index < -0.39 is 0 Å². The maximum atomic E-state index is 12.1. The lowest BCUT2D eigenvalue weighted by Crippen LogP contribution is -2.49. The molecule has 1 amide bonds. The molecule has 1 N–H and O–H groups in total. The molecule has 6 rings (SSSR count). The van der Waals surface area contributed by atoms with Crippen molar-refractivity contribution < 1.29 is 14.6 Å². The number of ether oxygens (including phenoxy) is 1. The van der Waals surface area contributed by atoms with E-state index in [1.165, 1.54) is 6.08 Å². The summed E-state index contributed by atoms with van der Waals surface area (Å²) in [5, 5.41) is 12.5. The van der Waals surface area contributed by atoms with Gasteiger partial charge in [-0.05, 0) is 36.1 Å². The molecule has 9 nitrogen and oxygen atoms in total. The number of hydrogen-bond donors (Lipinski definition) is 1. The summed E-state index contributed by atoms with van der Waals surface area (Å²) in [4.78, 5) is 32.6. The lowest BCUT2D eigenvalue weighted by Gasteiger charge is -2.38. The van der Waals surface area contributed by atoms with E-state index in [-0.39, 0.29) is 11.7 Å². The minimum atomic E-state index is -0.0445. The average Bonchev–Trinajstić information content (AvgIpc) is 3.00. The van der Waals surface area contributed by atoms with E-state index in [0.717, 1.165) is 52.2 Å². The van der Waals surface area contributed by atoms with Gasteiger partial charge < -0.3 is 24.5 Å². The van der Waals surface area contributed by atoms with Crippen LogP contribution in [0, 0.1) is 0 Å². The number of benzene rings is 2. The predicted molar refractivity (Wildman–Crippen MR) is 155 cm³/mol. The van der Waals surface area contributed by atoms with Crippen LogP contribution in [0.15, 0.2) is 73.4 Å². The van der Waals surface area contributed by atoms with Crippen LogP contribution >= 0.6 is 0 Å². The lowest BCUT2D eigenvalue weighted by atomic mass is 10.0. The van der Waals surface area contributed by atoms with E-state index in [2.05, 4.69) is 27.4 Å². The molecule has 4 aromatic rings. The van der Waals surface area contributed by atoms with Crippen molar-refractivity contribution in [2.75, 3.05) is 49.1 Å². The first-order valence-corrected chi connectivity index (χ1v) is 13.6. The molecular weight excluding hydrogens is 504 g/mol. The van der Waals surface area contributed by atoms with E-state index in [1.54, 1.807) is 12.3 Å². The Hall–Kier alpha value is -4.66. The number of aromatic hydroxyl groups is 1. The quantitative estimate of drug-likeness (QED) is 0.357. The van der Waals surface area contributed by atoms with Crippen molar-refractivity contribution in [2.24, 2.45) is 0 Å². The van der Waals surface area contributed by atoms with E-state index in [9.17, 15) is 9.90 Å². The lowest BCUT2D eigenvalue weighted by molar-refractivity contribution is -0.126. The standard InChI is InChI=1S/C31H32N6O3/c1-2-29(39)35-14-16-36(17-15-35)30-26-10-13-37(28-20-24(38)19-22-7-3-4-9-25(22)28)21-27(26)33-31(34-30)40-18-11-23-8-5-6-12-32-23/h2-9,12,19-20,38H,1,10-11,13-18,21H2. The summed E-state index contributed by atoms with van der Waals surface area (Å²) in [5.41, 5.74) is 3.96. The van der Waals surface area contributed by atoms with Gasteiger partial charge in [0.25, 0.3) is 0 Å². The number of aromatic nitrogens is 3. The summed E-state index contributed by atoms with van der Waals surface area (Å²) in [5.74, 6) is 1.08. The highest BCUT2D eigenvalue weighted by molar-refractivity contribution is 5.95. The van der Waals surface area contributed by atoms with Crippen molar-refractivity contribution in [2.45, 2.75) is 19.4 Å². The molecule has 204 valence electrons. The number of piperazine rings is 1. The number of carbonyl (C=O) groups is 1.